The van der Waals surface area contributed by atoms with Crippen molar-refractivity contribution >= 4 is 5.91 Å². The molecule has 1 N–H and O–H groups in total. The Hall–Kier alpha value is -3.41. The Bertz CT molecular complexity index is 1190. The fourth-order valence-corrected chi connectivity index (χ4v) is 5.20. The van der Waals surface area contributed by atoms with E-state index < -0.39 is 11.2 Å². The average molecular weight is 415 g/mol. The number of aryl methyl sites for hydroxylation is 1. The molecule has 31 heavy (non-hydrogen) atoms. The summed E-state index contributed by atoms with van der Waals surface area (Å²) in [6.07, 6.45) is 3.80. The highest BCUT2D eigenvalue weighted by Crippen LogP contribution is 2.45. The Morgan fingerprint density at radius 1 is 1.10 bits per heavy atom. The SMILES string of the molecule is CCc1cccc(C(c2ccccc2)C2C3CCCN3C(=O)c3c(O)c(=O)cnn32)c1. The van der Waals surface area contributed by atoms with E-state index in [2.05, 4.69) is 48.4 Å². The van der Waals surface area contributed by atoms with Gasteiger partial charge in [0, 0.05) is 12.5 Å². The number of hydrogen-bond donors (Lipinski definition) is 1. The molecule has 0 aliphatic carbocycles. The number of amides is 1. The van der Waals surface area contributed by atoms with Gasteiger partial charge in [0.1, 0.15) is 0 Å². The molecule has 0 spiro atoms. The average Bonchev–Trinajstić information content (AvgIpc) is 3.29. The summed E-state index contributed by atoms with van der Waals surface area (Å²) >= 11 is 0. The maximum atomic E-state index is 13.2. The van der Waals surface area contributed by atoms with Gasteiger partial charge in [-0.1, -0.05) is 61.5 Å². The van der Waals surface area contributed by atoms with Crippen molar-refractivity contribution in [3.63, 3.8) is 0 Å². The standard InChI is InChI=1S/C25H25N3O3/c1-2-16-8-6-11-18(14-16)21(17-9-4-3-5-10-17)22-19-12-7-13-27(19)25(31)23-24(30)20(29)15-26-28(22)23/h3-6,8-11,14-15,19,21-22,30H,2,7,12-13H2,1H3. The number of aromatic nitrogens is 2. The van der Waals surface area contributed by atoms with Gasteiger partial charge in [-0.15, -0.1) is 0 Å². The van der Waals surface area contributed by atoms with Crippen molar-refractivity contribution in [3.05, 3.63) is 93.4 Å². The molecule has 3 heterocycles. The first-order valence-electron chi connectivity index (χ1n) is 10.9. The summed E-state index contributed by atoms with van der Waals surface area (Å²) in [5.74, 6) is -0.903. The van der Waals surface area contributed by atoms with Crippen LogP contribution >= 0.6 is 0 Å². The Morgan fingerprint density at radius 2 is 1.87 bits per heavy atom. The van der Waals surface area contributed by atoms with Gasteiger partial charge >= 0.3 is 0 Å². The molecule has 0 bridgehead atoms. The Labute approximate surface area is 180 Å². The van der Waals surface area contributed by atoms with Crippen LogP contribution in [0, 0.1) is 0 Å². The van der Waals surface area contributed by atoms with E-state index in [9.17, 15) is 14.7 Å². The van der Waals surface area contributed by atoms with Gasteiger partial charge in [-0.2, -0.15) is 5.10 Å². The van der Waals surface area contributed by atoms with Gasteiger partial charge in [0.15, 0.2) is 11.4 Å². The molecule has 2 aliphatic rings. The molecular weight excluding hydrogens is 390 g/mol. The summed E-state index contributed by atoms with van der Waals surface area (Å²) in [5, 5.41) is 14.9. The first-order valence-corrected chi connectivity index (χ1v) is 10.9. The molecule has 3 unspecified atom stereocenters. The van der Waals surface area contributed by atoms with Gasteiger partial charge in [-0.3, -0.25) is 14.3 Å². The fourth-order valence-electron chi connectivity index (χ4n) is 5.20. The lowest BCUT2D eigenvalue weighted by Gasteiger charge is -2.42. The van der Waals surface area contributed by atoms with Crippen LogP contribution in [0.5, 0.6) is 5.75 Å². The van der Waals surface area contributed by atoms with Gasteiger partial charge < -0.3 is 10.0 Å². The van der Waals surface area contributed by atoms with Crippen molar-refractivity contribution in [2.75, 3.05) is 6.54 Å². The molecule has 3 atom stereocenters. The van der Waals surface area contributed by atoms with E-state index in [4.69, 9.17) is 0 Å². The number of rotatable bonds is 4. The molecule has 1 amide bonds. The molecule has 2 aromatic carbocycles. The summed E-state index contributed by atoms with van der Waals surface area (Å²) in [6.45, 7) is 2.76. The molecule has 6 heteroatoms. The van der Waals surface area contributed by atoms with E-state index in [1.165, 1.54) is 5.56 Å². The first kappa shape index (κ1) is 19.5. The van der Waals surface area contributed by atoms with Crippen molar-refractivity contribution in [3.8, 4) is 5.75 Å². The third-order valence-electron chi connectivity index (χ3n) is 6.64. The van der Waals surface area contributed by atoms with E-state index in [0.29, 0.717) is 6.54 Å². The third-order valence-corrected chi connectivity index (χ3v) is 6.64. The second-order valence-corrected chi connectivity index (χ2v) is 8.34. The van der Waals surface area contributed by atoms with Crippen molar-refractivity contribution < 1.29 is 9.90 Å². The van der Waals surface area contributed by atoms with E-state index >= 15 is 0 Å². The van der Waals surface area contributed by atoms with Crippen LogP contribution in [-0.4, -0.2) is 38.3 Å². The molecule has 0 radical (unpaired) electrons. The predicted octanol–water partition coefficient (Wildman–Crippen LogP) is 3.50. The normalized spacial score (nSPS) is 20.9. The molecule has 1 aromatic heterocycles. The minimum atomic E-state index is -0.625. The van der Waals surface area contributed by atoms with Crippen LogP contribution in [0.1, 0.15) is 58.9 Å². The van der Waals surface area contributed by atoms with Crippen LogP contribution < -0.4 is 5.43 Å². The molecule has 0 saturated carbocycles. The zero-order valence-electron chi connectivity index (χ0n) is 17.4. The zero-order valence-corrected chi connectivity index (χ0v) is 17.4. The lowest BCUT2D eigenvalue weighted by atomic mass is 9.79. The highest BCUT2D eigenvalue weighted by Gasteiger charge is 2.48. The number of benzene rings is 2. The maximum absolute atomic E-state index is 13.2. The number of fused-ring (bicyclic) bond motifs is 2. The summed E-state index contributed by atoms with van der Waals surface area (Å²) < 4.78 is 1.61. The molecule has 1 fully saturated rings. The van der Waals surface area contributed by atoms with E-state index in [1.54, 1.807) is 4.68 Å². The van der Waals surface area contributed by atoms with Crippen molar-refractivity contribution in [2.45, 2.75) is 44.2 Å². The first-order chi connectivity index (χ1) is 15.1. The smallest absolute Gasteiger partial charge is 0.276 e. The number of hydrogen-bond acceptors (Lipinski definition) is 4. The highest BCUT2D eigenvalue weighted by molar-refractivity contribution is 5.96. The monoisotopic (exact) mass is 415 g/mol. The van der Waals surface area contributed by atoms with E-state index in [0.717, 1.165) is 36.6 Å². The van der Waals surface area contributed by atoms with Gasteiger partial charge in [0.05, 0.1) is 18.3 Å². The number of aromatic hydroxyl groups is 1. The molecule has 6 nitrogen and oxygen atoms in total. The predicted molar refractivity (Wildman–Crippen MR) is 117 cm³/mol. The van der Waals surface area contributed by atoms with Crippen LogP contribution in [0.15, 0.2) is 65.6 Å². The van der Waals surface area contributed by atoms with Gasteiger partial charge in [-0.25, -0.2) is 0 Å². The lowest BCUT2D eigenvalue weighted by molar-refractivity contribution is 0.0565. The summed E-state index contributed by atoms with van der Waals surface area (Å²) in [5.41, 5.74) is 2.88. The van der Waals surface area contributed by atoms with Gasteiger partial charge in [-0.05, 0) is 36.0 Å². The number of carbonyl (C=O) groups excluding carboxylic acids is 1. The number of nitrogens with zero attached hydrogens (tertiary/aromatic N) is 3. The van der Waals surface area contributed by atoms with Crippen molar-refractivity contribution in [1.29, 1.82) is 0 Å². The van der Waals surface area contributed by atoms with Crippen LogP contribution in [0.4, 0.5) is 0 Å². The Kier molecular flexibility index (Phi) is 4.85. The topological polar surface area (TPSA) is 75.4 Å². The van der Waals surface area contributed by atoms with E-state index in [-0.39, 0.29) is 29.6 Å². The van der Waals surface area contributed by atoms with Crippen molar-refractivity contribution in [1.82, 2.24) is 14.7 Å². The number of carbonyl (C=O) groups is 1. The Balaban J connectivity index is 1.77. The zero-order chi connectivity index (χ0) is 21.5. The second kappa shape index (κ2) is 7.69. The second-order valence-electron chi connectivity index (χ2n) is 8.34. The molecule has 158 valence electrons. The third kappa shape index (κ3) is 3.14. The summed E-state index contributed by atoms with van der Waals surface area (Å²) in [4.78, 5) is 27.1. The largest absolute Gasteiger partial charge is 0.502 e. The lowest BCUT2D eigenvalue weighted by Crippen LogP contribution is -2.50. The highest BCUT2D eigenvalue weighted by atomic mass is 16.3. The van der Waals surface area contributed by atoms with Crippen LogP contribution in [0.2, 0.25) is 0 Å². The minimum Gasteiger partial charge on any atom is -0.502 e. The molecule has 2 aliphatic heterocycles. The van der Waals surface area contributed by atoms with Crippen LogP contribution in [-0.2, 0) is 6.42 Å². The molecule has 1 saturated heterocycles. The molecule has 3 aromatic rings. The minimum absolute atomic E-state index is 0.00299. The van der Waals surface area contributed by atoms with Crippen LogP contribution in [0.3, 0.4) is 0 Å². The Morgan fingerprint density at radius 3 is 2.65 bits per heavy atom. The fraction of sp³-hybridized carbons (Fsp3) is 0.320. The summed E-state index contributed by atoms with van der Waals surface area (Å²) in [6, 6.07) is 18.5. The van der Waals surface area contributed by atoms with Crippen LogP contribution in [0.25, 0.3) is 0 Å². The summed E-state index contributed by atoms with van der Waals surface area (Å²) in [7, 11) is 0. The molecule has 5 rings (SSSR count). The van der Waals surface area contributed by atoms with Gasteiger partial charge in [0.2, 0.25) is 5.43 Å². The quantitative estimate of drug-likeness (QED) is 0.708. The van der Waals surface area contributed by atoms with E-state index in [1.807, 2.05) is 23.1 Å². The molecular formula is C25H25N3O3. The van der Waals surface area contributed by atoms with Gasteiger partial charge in [0.25, 0.3) is 5.91 Å². The maximum Gasteiger partial charge on any atom is 0.276 e. The van der Waals surface area contributed by atoms with Crippen molar-refractivity contribution in [2.24, 2.45) is 0 Å².